The Morgan fingerprint density at radius 2 is 1.21 bits per heavy atom. The number of hydrogen-bond acceptors (Lipinski definition) is 1. The summed E-state index contributed by atoms with van der Waals surface area (Å²) in [5.74, 6) is -0.885. The molecule has 0 spiro atoms. The second kappa shape index (κ2) is 14.2. The predicted octanol–water partition coefficient (Wildman–Crippen LogP) is 5.77. The van der Waals surface area contributed by atoms with E-state index in [2.05, 4.69) is 6.92 Å². The van der Waals surface area contributed by atoms with Crippen LogP contribution in [0.3, 0.4) is 0 Å². The number of aliphatic carboxylic acids is 1. The average molecular weight is 291 g/mol. The summed E-state index contributed by atoms with van der Waals surface area (Å²) in [4.78, 5) is 10.5. The van der Waals surface area contributed by atoms with Crippen LogP contribution < -0.4 is 0 Å². The minimum atomic E-state index is -0.885. The van der Waals surface area contributed by atoms with E-state index in [0.717, 1.165) is 12.8 Å². The lowest BCUT2D eigenvalue weighted by molar-refractivity contribution is -0.136. The number of rotatable bonds is 14. The molecule has 0 unspecified atom stereocenters. The van der Waals surface area contributed by atoms with Gasteiger partial charge >= 0.3 is 5.97 Å². The largest absolute Gasteiger partial charge is 0.480 e. The first-order valence-corrected chi connectivity index (χ1v) is 8.49. The molecule has 0 aromatic heterocycles. The molecular formula is C16H31ClO2. The van der Waals surface area contributed by atoms with Crippen LogP contribution in [0, 0.1) is 0 Å². The van der Waals surface area contributed by atoms with Crippen molar-refractivity contribution >= 4 is 17.6 Å². The van der Waals surface area contributed by atoms with Crippen LogP contribution in [0.2, 0.25) is 0 Å². The van der Waals surface area contributed by atoms with Gasteiger partial charge in [-0.05, 0) is 6.42 Å². The minimum Gasteiger partial charge on any atom is -0.480 e. The SMILES string of the molecule is CCCCCCCCCCCCCC[C@@H](Cl)C(=O)O. The van der Waals surface area contributed by atoms with Crippen LogP contribution in [-0.2, 0) is 4.79 Å². The van der Waals surface area contributed by atoms with Crippen LogP contribution in [0.15, 0.2) is 0 Å². The van der Waals surface area contributed by atoms with Gasteiger partial charge in [0.2, 0.25) is 0 Å². The fourth-order valence-corrected chi connectivity index (χ4v) is 2.44. The van der Waals surface area contributed by atoms with Gasteiger partial charge in [0, 0.05) is 0 Å². The normalized spacial score (nSPS) is 12.5. The molecule has 0 heterocycles. The summed E-state index contributed by atoms with van der Waals surface area (Å²) in [5.41, 5.74) is 0. The molecule has 0 fully saturated rings. The Hall–Kier alpha value is -0.240. The highest BCUT2D eigenvalue weighted by molar-refractivity contribution is 6.29. The summed E-state index contributed by atoms with van der Waals surface area (Å²) in [5, 5.41) is 7.94. The van der Waals surface area contributed by atoms with Crippen LogP contribution >= 0.6 is 11.6 Å². The van der Waals surface area contributed by atoms with Gasteiger partial charge in [-0.15, -0.1) is 11.6 Å². The van der Waals surface area contributed by atoms with Crippen molar-refractivity contribution in [1.82, 2.24) is 0 Å². The van der Waals surface area contributed by atoms with Gasteiger partial charge in [0.1, 0.15) is 5.38 Å². The van der Waals surface area contributed by atoms with Gasteiger partial charge in [0.15, 0.2) is 0 Å². The molecule has 3 heteroatoms. The lowest BCUT2D eigenvalue weighted by atomic mass is 10.0. The molecule has 0 rings (SSSR count). The number of unbranched alkanes of at least 4 members (excludes halogenated alkanes) is 11. The molecule has 0 radical (unpaired) electrons. The second-order valence-electron chi connectivity index (χ2n) is 5.48. The summed E-state index contributed by atoms with van der Waals surface area (Å²) in [6, 6.07) is 0. The van der Waals surface area contributed by atoms with E-state index < -0.39 is 11.3 Å². The minimum absolute atomic E-state index is 0.605. The Morgan fingerprint density at radius 3 is 1.58 bits per heavy atom. The molecule has 114 valence electrons. The van der Waals surface area contributed by atoms with Gasteiger partial charge in [-0.3, -0.25) is 4.79 Å². The van der Waals surface area contributed by atoms with E-state index in [1.54, 1.807) is 0 Å². The lowest BCUT2D eigenvalue weighted by Gasteiger charge is -2.04. The fourth-order valence-electron chi connectivity index (χ4n) is 2.29. The Labute approximate surface area is 123 Å². The number of carboxylic acids is 1. The Balaban J connectivity index is 3.05. The zero-order chi connectivity index (χ0) is 14.3. The molecule has 1 N–H and O–H groups in total. The van der Waals surface area contributed by atoms with E-state index in [1.165, 1.54) is 64.2 Å². The maximum Gasteiger partial charge on any atom is 0.321 e. The average Bonchev–Trinajstić information content (AvgIpc) is 2.39. The number of hydrogen-bond donors (Lipinski definition) is 1. The molecular weight excluding hydrogens is 260 g/mol. The molecule has 0 amide bonds. The molecule has 2 nitrogen and oxygen atoms in total. The highest BCUT2D eigenvalue weighted by atomic mass is 35.5. The maximum absolute atomic E-state index is 10.5. The van der Waals surface area contributed by atoms with Gasteiger partial charge in [-0.25, -0.2) is 0 Å². The van der Waals surface area contributed by atoms with Crippen LogP contribution in [-0.4, -0.2) is 16.5 Å². The smallest absolute Gasteiger partial charge is 0.321 e. The number of halogens is 1. The summed E-state index contributed by atoms with van der Waals surface area (Å²) < 4.78 is 0. The van der Waals surface area contributed by atoms with E-state index in [1.807, 2.05) is 0 Å². The van der Waals surface area contributed by atoms with Gasteiger partial charge in [-0.2, -0.15) is 0 Å². The van der Waals surface area contributed by atoms with E-state index in [0.29, 0.717) is 6.42 Å². The van der Waals surface area contributed by atoms with Crippen molar-refractivity contribution in [2.75, 3.05) is 0 Å². The monoisotopic (exact) mass is 290 g/mol. The highest BCUT2D eigenvalue weighted by Crippen LogP contribution is 2.14. The van der Waals surface area contributed by atoms with E-state index in [9.17, 15) is 4.79 Å². The molecule has 0 aliphatic carbocycles. The number of carbonyl (C=O) groups is 1. The number of alkyl halides is 1. The summed E-state index contributed by atoms with van der Waals surface area (Å²) in [7, 11) is 0. The Bertz CT molecular complexity index is 207. The zero-order valence-corrected chi connectivity index (χ0v) is 13.3. The van der Waals surface area contributed by atoms with Crippen LogP contribution in [0.1, 0.15) is 90.4 Å². The van der Waals surface area contributed by atoms with Crippen LogP contribution in [0.5, 0.6) is 0 Å². The third kappa shape index (κ3) is 14.0. The summed E-state index contributed by atoms with van der Waals surface area (Å²) >= 11 is 5.65. The molecule has 0 aromatic rings. The van der Waals surface area contributed by atoms with Crippen molar-refractivity contribution in [2.24, 2.45) is 0 Å². The number of carboxylic acid groups (broad SMARTS) is 1. The van der Waals surface area contributed by atoms with E-state index in [-0.39, 0.29) is 0 Å². The van der Waals surface area contributed by atoms with Crippen molar-refractivity contribution < 1.29 is 9.90 Å². The third-order valence-corrected chi connectivity index (χ3v) is 3.98. The van der Waals surface area contributed by atoms with E-state index >= 15 is 0 Å². The van der Waals surface area contributed by atoms with Crippen LogP contribution in [0.4, 0.5) is 0 Å². The van der Waals surface area contributed by atoms with Crippen molar-refractivity contribution in [3.63, 3.8) is 0 Å². The summed E-state index contributed by atoms with van der Waals surface area (Å²) in [6.07, 6.45) is 16.2. The fraction of sp³-hybridized carbons (Fsp3) is 0.938. The maximum atomic E-state index is 10.5. The van der Waals surface area contributed by atoms with Gasteiger partial charge in [0.25, 0.3) is 0 Å². The first-order chi connectivity index (χ1) is 9.18. The van der Waals surface area contributed by atoms with Crippen molar-refractivity contribution in [1.29, 1.82) is 0 Å². The van der Waals surface area contributed by atoms with Crippen molar-refractivity contribution in [3.05, 3.63) is 0 Å². The molecule has 0 aromatic carbocycles. The van der Waals surface area contributed by atoms with Gasteiger partial charge < -0.3 is 5.11 Å². The Morgan fingerprint density at radius 1 is 0.842 bits per heavy atom. The molecule has 1 atom stereocenters. The first-order valence-electron chi connectivity index (χ1n) is 8.05. The predicted molar refractivity (Wildman–Crippen MR) is 83.0 cm³/mol. The first kappa shape index (κ1) is 18.8. The Kier molecular flexibility index (Phi) is 14.0. The van der Waals surface area contributed by atoms with Crippen LogP contribution in [0.25, 0.3) is 0 Å². The molecule has 19 heavy (non-hydrogen) atoms. The highest BCUT2D eigenvalue weighted by Gasteiger charge is 2.11. The third-order valence-electron chi connectivity index (χ3n) is 3.58. The zero-order valence-electron chi connectivity index (χ0n) is 12.5. The van der Waals surface area contributed by atoms with Crippen molar-refractivity contribution in [3.8, 4) is 0 Å². The van der Waals surface area contributed by atoms with E-state index in [4.69, 9.17) is 16.7 Å². The summed E-state index contributed by atoms with van der Waals surface area (Å²) in [6.45, 7) is 2.25. The second-order valence-corrected chi connectivity index (χ2v) is 6.01. The van der Waals surface area contributed by atoms with Crippen molar-refractivity contribution in [2.45, 2.75) is 95.8 Å². The topological polar surface area (TPSA) is 37.3 Å². The quantitative estimate of drug-likeness (QED) is 0.326. The standard InChI is InChI=1S/C16H31ClO2/c1-2-3-4-5-6-7-8-9-10-11-12-13-14-15(17)16(18)19/h15H,2-14H2,1H3,(H,18,19)/t15-/m1/s1. The molecule has 0 saturated heterocycles. The molecule has 0 aliphatic heterocycles. The lowest BCUT2D eigenvalue weighted by Crippen LogP contribution is -2.12. The van der Waals surface area contributed by atoms with Gasteiger partial charge in [0.05, 0.1) is 0 Å². The molecule has 0 saturated carbocycles. The molecule has 0 aliphatic rings. The van der Waals surface area contributed by atoms with Gasteiger partial charge in [-0.1, -0.05) is 84.0 Å². The molecule has 0 bridgehead atoms.